The number of aromatic nitrogens is 5. The van der Waals surface area contributed by atoms with Gasteiger partial charge in [-0.3, -0.25) is 14.8 Å². The third-order valence-corrected chi connectivity index (χ3v) is 10.8. The van der Waals surface area contributed by atoms with E-state index in [0.29, 0.717) is 103 Å². The smallest absolute Gasteiger partial charge is 0.274 e. The van der Waals surface area contributed by atoms with E-state index in [0.717, 1.165) is 76.0 Å². The Morgan fingerprint density at radius 3 is 2.57 bits per heavy atom. The van der Waals surface area contributed by atoms with Crippen molar-refractivity contribution in [3.05, 3.63) is 112 Å². The third-order valence-electron chi connectivity index (χ3n) is 10.8. The molecule has 0 radical (unpaired) electrons. The number of nitrogens with two attached hydrogens (primary N) is 1. The van der Waals surface area contributed by atoms with E-state index in [1.807, 2.05) is 67.1 Å². The molecule has 318 valence electrons. The van der Waals surface area contributed by atoms with Gasteiger partial charge in [0.05, 0.1) is 70.9 Å². The summed E-state index contributed by atoms with van der Waals surface area (Å²) in [7, 11) is 1.95. The lowest BCUT2D eigenvalue weighted by Crippen LogP contribution is -2.49. The molecule has 5 heterocycles. The Morgan fingerprint density at radius 2 is 1.85 bits per heavy atom. The van der Waals surface area contributed by atoms with Crippen molar-refractivity contribution >= 4 is 29.2 Å². The summed E-state index contributed by atoms with van der Waals surface area (Å²) in [6, 6.07) is 15.8. The van der Waals surface area contributed by atoms with Crippen LogP contribution in [-0.2, 0) is 50.8 Å². The molecule has 4 aromatic rings. The van der Waals surface area contributed by atoms with Crippen molar-refractivity contribution in [2.45, 2.75) is 63.8 Å². The van der Waals surface area contributed by atoms with Crippen LogP contribution in [0.25, 0.3) is 6.08 Å². The first-order valence-electron chi connectivity index (χ1n) is 20.9. The first-order chi connectivity index (χ1) is 29.2. The van der Waals surface area contributed by atoms with Gasteiger partial charge >= 0.3 is 0 Å². The summed E-state index contributed by atoms with van der Waals surface area (Å²) in [5.41, 5.74) is 15.3. The van der Waals surface area contributed by atoms with Crippen LogP contribution in [0.3, 0.4) is 0 Å². The van der Waals surface area contributed by atoms with Crippen LogP contribution < -0.4 is 21.4 Å². The first kappa shape index (κ1) is 42.8. The zero-order chi connectivity index (χ0) is 41.7. The molecule has 4 N–H and O–H groups in total. The minimum atomic E-state index is -0.224. The summed E-state index contributed by atoms with van der Waals surface area (Å²) >= 11 is 0. The molecule has 2 fully saturated rings. The standard InChI is InChI=1S/C45H58N10O5/c1-31-23-32(2)50-40(31)25-38-11-10-36(51-38)12-14-41(46)48-16-18-58-20-22-59-21-19-57-17-15-47-27-34-9-13-39(53-43(34)33-7-8-33)44(56)52-37-6-4-5-35(24-37)45(28-60-29-45)26-42-54-49-30-55(42)3/h4-6,9-11,13,23-25,30,33,47H,7-8,12,14-22,26-29H2,1-3H3,(H4,46,48,50,51,52,56)/p-1. The van der Waals surface area contributed by atoms with Crippen LogP contribution >= 0.6 is 0 Å². The fourth-order valence-electron chi connectivity index (χ4n) is 7.22. The predicted octanol–water partition coefficient (Wildman–Crippen LogP) is 4.70. The highest BCUT2D eigenvalue weighted by Crippen LogP contribution is 2.41. The molecule has 2 aliphatic heterocycles. The van der Waals surface area contributed by atoms with Crippen molar-refractivity contribution in [1.29, 1.82) is 0 Å². The van der Waals surface area contributed by atoms with Gasteiger partial charge in [-0.2, -0.15) is 5.69 Å². The van der Waals surface area contributed by atoms with Crippen molar-refractivity contribution in [2.24, 2.45) is 22.8 Å². The zero-order valence-electron chi connectivity index (χ0n) is 35.0. The zero-order valence-corrected chi connectivity index (χ0v) is 35.0. The second-order valence-electron chi connectivity index (χ2n) is 15.7. The van der Waals surface area contributed by atoms with E-state index < -0.39 is 0 Å². The minimum absolute atomic E-state index is 0.202. The molecule has 0 bridgehead atoms. The highest BCUT2D eigenvalue weighted by molar-refractivity contribution is 6.03. The normalized spacial score (nSPS) is 16.9. The molecule has 3 aliphatic rings. The molecular weight excluding hydrogens is 761 g/mol. The van der Waals surface area contributed by atoms with E-state index in [-0.39, 0.29) is 11.3 Å². The molecule has 7 rings (SSSR count). The number of carbonyl (C=O) groups is 1. The maximum absolute atomic E-state index is 13.4. The van der Waals surface area contributed by atoms with Crippen LogP contribution in [0, 0.1) is 0 Å². The highest BCUT2D eigenvalue weighted by Gasteiger charge is 2.42. The quantitative estimate of drug-likeness (QED) is 0.0506. The van der Waals surface area contributed by atoms with Gasteiger partial charge in [-0.1, -0.05) is 36.4 Å². The van der Waals surface area contributed by atoms with Crippen LogP contribution in [0.4, 0.5) is 5.69 Å². The van der Waals surface area contributed by atoms with Gasteiger partial charge in [-0.25, -0.2) is 4.98 Å². The fraction of sp³-hybridized carbons (Fsp3) is 0.467. The SMILES string of the molecule is CC1=CC(C)=N/C1=C\c1ccc(CCC(N)=NCCOCCOCCOCCNCc2ccc(C(=O)Nc3cccc(C4(Cc5nncn5C)COC4)c3)nc2C2CC2)[n-]1. The number of anilines is 1. The molecule has 0 atom stereocenters. The molecule has 1 saturated heterocycles. The summed E-state index contributed by atoms with van der Waals surface area (Å²) in [5, 5.41) is 14.8. The number of carbonyl (C=O) groups excluding carboxylic acids is 1. The molecule has 15 heteroatoms. The fourth-order valence-corrected chi connectivity index (χ4v) is 7.22. The third kappa shape index (κ3) is 11.9. The maximum Gasteiger partial charge on any atom is 0.274 e. The molecule has 0 spiro atoms. The molecule has 1 amide bonds. The van der Waals surface area contributed by atoms with Crippen molar-refractivity contribution in [3.63, 3.8) is 0 Å². The lowest BCUT2D eigenvalue weighted by Gasteiger charge is -2.41. The van der Waals surface area contributed by atoms with E-state index in [1.165, 1.54) is 0 Å². The van der Waals surface area contributed by atoms with Crippen LogP contribution in [0.15, 0.2) is 82.2 Å². The molecule has 60 heavy (non-hydrogen) atoms. The summed E-state index contributed by atoms with van der Waals surface area (Å²) < 4.78 is 24.6. The molecule has 0 unspecified atom stereocenters. The highest BCUT2D eigenvalue weighted by atomic mass is 16.5. The van der Waals surface area contributed by atoms with Gasteiger partial charge in [-0.15, -0.1) is 15.9 Å². The van der Waals surface area contributed by atoms with Gasteiger partial charge in [0.2, 0.25) is 0 Å². The Balaban J connectivity index is 0.730. The number of ether oxygens (including phenoxy) is 4. The van der Waals surface area contributed by atoms with Crippen LogP contribution in [0.5, 0.6) is 0 Å². The second-order valence-corrected chi connectivity index (χ2v) is 15.7. The Kier molecular flexibility index (Phi) is 14.8. The van der Waals surface area contributed by atoms with Gasteiger partial charge < -0.3 is 44.9 Å². The number of nitrogens with zero attached hydrogens (tertiary/aromatic N) is 7. The number of amides is 1. The van der Waals surface area contributed by atoms with Crippen molar-refractivity contribution in [3.8, 4) is 0 Å². The van der Waals surface area contributed by atoms with Crippen molar-refractivity contribution < 1.29 is 23.7 Å². The lowest BCUT2D eigenvalue weighted by molar-refractivity contribution is -0.0610. The van der Waals surface area contributed by atoms with Gasteiger partial charge in [0.25, 0.3) is 5.91 Å². The van der Waals surface area contributed by atoms with Gasteiger partial charge in [0.1, 0.15) is 17.8 Å². The van der Waals surface area contributed by atoms with E-state index in [4.69, 9.17) is 29.7 Å². The van der Waals surface area contributed by atoms with Crippen LogP contribution in [0.2, 0.25) is 0 Å². The number of aliphatic imine (C=N–C) groups is 2. The number of hydrogen-bond acceptors (Lipinski definition) is 11. The number of aryl methyl sites for hydroxylation is 2. The molecule has 1 aliphatic carbocycles. The van der Waals surface area contributed by atoms with Crippen molar-refractivity contribution in [1.82, 2.24) is 30.0 Å². The molecule has 1 aromatic carbocycles. The van der Waals surface area contributed by atoms with E-state index >= 15 is 0 Å². The number of pyridine rings is 1. The van der Waals surface area contributed by atoms with E-state index in [9.17, 15) is 4.79 Å². The number of allylic oxidation sites excluding steroid dienone is 2. The van der Waals surface area contributed by atoms with Crippen LogP contribution in [0.1, 0.15) is 83.5 Å². The second kappa shape index (κ2) is 20.8. The molecular formula is C45H57N10O5-. The summed E-state index contributed by atoms with van der Waals surface area (Å²) in [6.45, 7) is 10.1. The number of nitrogens with one attached hydrogen (secondary N) is 2. The Hall–Kier alpha value is -5.32. The number of amidine groups is 1. The largest absolute Gasteiger partial charge is 0.661 e. The topological polar surface area (TPSA) is 186 Å². The average molecular weight is 818 g/mol. The number of benzene rings is 1. The first-order valence-corrected chi connectivity index (χ1v) is 20.9. The molecule has 1 saturated carbocycles. The Morgan fingerprint density at radius 1 is 1.05 bits per heavy atom. The maximum atomic E-state index is 13.4. The molecule has 15 nitrogen and oxygen atoms in total. The van der Waals surface area contributed by atoms with Crippen molar-refractivity contribution in [2.75, 3.05) is 71.3 Å². The summed E-state index contributed by atoms with van der Waals surface area (Å²) in [6.07, 6.45) is 10.1. The van der Waals surface area contributed by atoms with Gasteiger partial charge in [0, 0.05) is 61.4 Å². The Labute approximate surface area is 352 Å². The number of rotatable bonds is 24. The summed E-state index contributed by atoms with van der Waals surface area (Å²) in [5.74, 6) is 1.66. The van der Waals surface area contributed by atoms with Crippen LogP contribution in [-0.4, -0.2) is 103 Å². The average Bonchev–Trinajstić information content (AvgIpc) is 3.71. The Bertz CT molecular complexity index is 2200. The van der Waals surface area contributed by atoms with Gasteiger partial charge in [-0.05, 0) is 74.1 Å². The minimum Gasteiger partial charge on any atom is -0.661 e. The number of hydrogen-bond donors (Lipinski definition) is 3. The summed E-state index contributed by atoms with van der Waals surface area (Å²) in [4.78, 5) is 31.9. The predicted molar refractivity (Wildman–Crippen MR) is 231 cm³/mol. The molecule has 3 aromatic heterocycles. The monoisotopic (exact) mass is 817 g/mol. The van der Waals surface area contributed by atoms with E-state index in [2.05, 4.69) is 54.9 Å². The lowest BCUT2D eigenvalue weighted by atomic mass is 9.75. The van der Waals surface area contributed by atoms with Gasteiger partial charge in [0.15, 0.2) is 0 Å². The van der Waals surface area contributed by atoms with E-state index in [1.54, 1.807) is 6.33 Å².